The Morgan fingerprint density at radius 3 is 2.68 bits per heavy atom. The van der Waals surface area contributed by atoms with E-state index in [1.54, 1.807) is 29.1 Å². The van der Waals surface area contributed by atoms with Crippen molar-refractivity contribution < 1.29 is 9.84 Å². The summed E-state index contributed by atoms with van der Waals surface area (Å²) in [6, 6.07) is 12.7. The summed E-state index contributed by atoms with van der Waals surface area (Å²) in [5, 5.41) is 15.7. The summed E-state index contributed by atoms with van der Waals surface area (Å²) in [5.74, 6) is 1.06. The summed E-state index contributed by atoms with van der Waals surface area (Å²) in [7, 11) is 0. The Balaban J connectivity index is 1.88. The number of H-pyrrole nitrogens is 1. The van der Waals surface area contributed by atoms with Crippen LogP contribution in [0.15, 0.2) is 53.5 Å². The van der Waals surface area contributed by atoms with Crippen LogP contribution in [0.3, 0.4) is 0 Å². The fourth-order valence-electron chi connectivity index (χ4n) is 3.47. The Bertz CT molecular complexity index is 1230. The lowest BCUT2D eigenvalue weighted by atomic mass is 10.1. The maximum absolute atomic E-state index is 13.2. The van der Waals surface area contributed by atoms with Gasteiger partial charge in [0.15, 0.2) is 5.65 Å². The van der Waals surface area contributed by atoms with Crippen LogP contribution in [0.1, 0.15) is 44.2 Å². The number of aliphatic hydroxyl groups excluding tert-OH is 1. The van der Waals surface area contributed by atoms with Gasteiger partial charge in [0.25, 0.3) is 5.56 Å². The molecule has 0 aliphatic carbocycles. The van der Waals surface area contributed by atoms with Crippen LogP contribution >= 0.6 is 0 Å². The van der Waals surface area contributed by atoms with Gasteiger partial charge in [-0.25, -0.2) is 9.67 Å². The Morgan fingerprint density at radius 2 is 1.94 bits per heavy atom. The van der Waals surface area contributed by atoms with Gasteiger partial charge in [-0.2, -0.15) is 5.10 Å². The van der Waals surface area contributed by atoms with Crippen molar-refractivity contribution in [3.8, 4) is 17.1 Å². The van der Waals surface area contributed by atoms with Crippen molar-refractivity contribution in [3.05, 3.63) is 70.4 Å². The van der Waals surface area contributed by atoms with Crippen LogP contribution in [0.2, 0.25) is 0 Å². The molecule has 0 bridgehead atoms. The Morgan fingerprint density at radius 1 is 1.13 bits per heavy atom. The first-order valence-electron chi connectivity index (χ1n) is 10.5. The molecule has 160 valence electrons. The van der Waals surface area contributed by atoms with Crippen molar-refractivity contribution in [1.82, 2.24) is 24.7 Å². The van der Waals surface area contributed by atoms with Crippen molar-refractivity contribution in [2.75, 3.05) is 6.61 Å². The minimum atomic E-state index is -1.13. The number of aryl methyl sites for hydroxylation is 1. The normalized spacial score (nSPS) is 12.2. The second-order valence-electron chi connectivity index (χ2n) is 7.22. The van der Waals surface area contributed by atoms with Gasteiger partial charge in [-0.05, 0) is 37.1 Å². The van der Waals surface area contributed by atoms with E-state index >= 15 is 0 Å². The summed E-state index contributed by atoms with van der Waals surface area (Å²) in [5.41, 5.74) is 1.44. The molecule has 2 N–H and O–H groups in total. The number of aromatic nitrogens is 5. The number of aromatic amines is 1. The van der Waals surface area contributed by atoms with E-state index in [-0.39, 0.29) is 16.6 Å². The first kappa shape index (κ1) is 20.7. The van der Waals surface area contributed by atoms with Crippen LogP contribution in [0, 0.1) is 0 Å². The zero-order chi connectivity index (χ0) is 21.8. The third-order valence-corrected chi connectivity index (χ3v) is 4.90. The van der Waals surface area contributed by atoms with Crippen LogP contribution in [0.4, 0.5) is 0 Å². The largest absolute Gasteiger partial charge is 0.493 e. The number of fused-ring (bicyclic) bond motifs is 1. The van der Waals surface area contributed by atoms with Gasteiger partial charge in [-0.1, -0.05) is 32.0 Å². The fourth-order valence-corrected chi connectivity index (χ4v) is 3.47. The molecule has 8 nitrogen and oxygen atoms in total. The van der Waals surface area contributed by atoms with Gasteiger partial charge in [0, 0.05) is 12.7 Å². The molecule has 0 fully saturated rings. The number of hydrogen-bond donors (Lipinski definition) is 2. The minimum Gasteiger partial charge on any atom is -0.493 e. The summed E-state index contributed by atoms with van der Waals surface area (Å²) < 4.78 is 7.51. The highest BCUT2D eigenvalue weighted by Gasteiger charge is 2.24. The Hall–Kier alpha value is -3.52. The summed E-state index contributed by atoms with van der Waals surface area (Å²) in [4.78, 5) is 24.9. The second-order valence-corrected chi connectivity index (χ2v) is 7.22. The van der Waals surface area contributed by atoms with E-state index in [1.807, 2.05) is 38.1 Å². The smallest absolute Gasteiger partial charge is 0.262 e. The number of ether oxygens (including phenoxy) is 1. The van der Waals surface area contributed by atoms with Gasteiger partial charge >= 0.3 is 0 Å². The van der Waals surface area contributed by atoms with E-state index in [0.29, 0.717) is 41.6 Å². The minimum absolute atomic E-state index is 0.248. The summed E-state index contributed by atoms with van der Waals surface area (Å²) >= 11 is 0. The fraction of sp³-hybridized carbons (Fsp3) is 0.304. The molecule has 0 saturated heterocycles. The molecule has 0 spiro atoms. The predicted molar refractivity (Wildman–Crippen MR) is 118 cm³/mol. The van der Waals surface area contributed by atoms with E-state index in [2.05, 4.69) is 15.1 Å². The lowest BCUT2D eigenvalue weighted by molar-refractivity contribution is 0.210. The molecular weight excluding hydrogens is 394 g/mol. The van der Waals surface area contributed by atoms with E-state index in [9.17, 15) is 9.90 Å². The number of nitrogens with zero attached hydrogens (tertiary/aromatic N) is 4. The SMILES string of the molecule is CCCOc1ccccc1-c1nc2c(c(C(O)c3ccccn3)nn2CCC)c(=O)[nH]1. The average Bonchev–Trinajstić information content (AvgIpc) is 3.17. The predicted octanol–water partition coefficient (Wildman–Crippen LogP) is 3.46. The molecule has 31 heavy (non-hydrogen) atoms. The monoisotopic (exact) mass is 419 g/mol. The molecule has 3 aromatic heterocycles. The number of pyridine rings is 1. The number of nitrogens with one attached hydrogen (secondary N) is 1. The quantitative estimate of drug-likeness (QED) is 0.453. The first-order valence-corrected chi connectivity index (χ1v) is 10.5. The molecule has 8 heteroatoms. The van der Waals surface area contributed by atoms with E-state index in [0.717, 1.165) is 12.8 Å². The third-order valence-electron chi connectivity index (χ3n) is 4.90. The van der Waals surface area contributed by atoms with Gasteiger partial charge in [-0.3, -0.25) is 9.78 Å². The third kappa shape index (κ3) is 4.06. The van der Waals surface area contributed by atoms with E-state index < -0.39 is 6.10 Å². The van der Waals surface area contributed by atoms with E-state index in [1.165, 1.54) is 0 Å². The first-order chi connectivity index (χ1) is 15.1. The standard InChI is InChI=1S/C23H25N5O3/c1-3-13-28-22-18(19(27-28)20(29)16-10-7-8-12-24-16)23(30)26-21(25-22)15-9-5-6-11-17(15)31-14-4-2/h5-12,20,29H,3-4,13-14H2,1-2H3,(H,25,26,30). The van der Waals surface area contributed by atoms with Gasteiger partial charge < -0.3 is 14.8 Å². The Labute approximate surface area is 179 Å². The maximum Gasteiger partial charge on any atom is 0.262 e. The van der Waals surface area contributed by atoms with Gasteiger partial charge in [0.1, 0.15) is 28.8 Å². The zero-order valence-corrected chi connectivity index (χ0v) is 17.6. The van der Waals surface area contributed by atoms with Crippen molar-refractivity contribution in [2.45, 2.75) is 39.3 Å². The van der Waals surface area contributed by atoms with Crippen LogP contribution in [-0.2, 0) is 6.54 Å². The molecule has 3 heterocycles. The van der Waals surface area contributed by atoms with Crippen molar-refractivity contribution in [1.29, 1.82) is 0 Å². The Kier molecular flexibility index (Phi) is 6.08. The highest BCUT2D eigenvalue weighted by molar-refractivity contribution is 5.80. The highest BCUT2D eigenvalue weighted by Crippen LogP contribution is 2.29. The van der Waals surface area contributed by atoms with Crippen molar-refractivity contribution >= 4 is 11.0 Å². The highest BCUT2D eigenvalue weighted by atomic mass is 16.5. The summed E-state index contributed by atoms with van der Waals surface area (Å²) in [6.07, 6.45) is 2.14. The number of benzene rings is 1. The van der Waals surface area contributed by atoms with E-state index in [4.69, 9.17) is 9.72 Å². The molecule has 0 aliphatic rings. The van der Waals surface area contributed by atoms with Crippen LogP contribution in [0.5, 0.6) is 5.75 Å². The lowest BCUT2D eigenvalue weighted by Crippen LogP contribution is -2.13. The number of aliphatic hydroxyl groups is 1. The molecule has 1 aromatic carbocycles. The molecule has 0 saturated carbocycles. The maximum atomic E-state index is 13.2. The zero-order valence-electron chi connectivity index (χ0n) is 17.6. The molecule has 1 atom stereocenters. The molecule has 4 rings (SSSR count). The molecular formula is C23H25N5O3. The molecule has 0 amide bonds. The molecule has 4 aromatic rings. The number of para-hydroxylation sites is 1. The average molecular weight is 419 g/mol. The second kappa shape index (κ2) is 9.09. The van der Waals surface area contributed by atoms with Crippen molar-refractivity contribution in [2.24, 2.45) is 0 Å². The topological polar surface area (TPSA) is 106 Å². The number of rotatable bonds is 8. The molecule has 0 radical (unpaired) electrons. The number of hydrogen-bond acceptors (Lipinski definition) is 6. The molecule has 0 aliphatic heterocycles. The lowest BCUT2D eigenvalue weighted by Gasteiger charge is -2.10. The van der Waals surface area contributed by atoms with Gasteiger partial charge in [-0.15, -0.1) is 0 Å². The van der Waals surface area contributed by atoms with Crippen molar-refractivity contribution in [3.63, 3.8) is 0 Å². The van der Waals surface area contributed by atoms with Gasteiger partial charge in [0.2, 0.25) is 0 Å². The van der Waals surface area contributed by atoms with Gasteiger partial charge in [0.05, 0.1) is 17.9 Å². The van der Waals surface area contributed by atoms with Crippen LogP contribution < -0.4 is 10.3 Å². The van der Waals surface area contributed by atoms with Crippen LogP contribution in [-0.4, -0.2) is 36.4 Å². The van der Waals surface area contributed by atoms with Crippen LogP contribution in [0.25, 0.3) is 22.4 Å². The molecule has 1 unspecified atom stereocenters. The summed E-state index contributed by atoms with van der Waals surface area (Å²) in [6.45, 7) is 5.18.